The second-order valence-corrected chi connectivity index (χ2v) is 4.07. The Kier molecular flexibility index (Phi) is 3.10. The van der Waals surface area contributed by atoms with Gasteiger partial charge in [0.2, 0.25) is 5.95 Å². The predicted octanol–water partition coefficient (Wildman–Crippen LogP) is 1.16. The number of rotatable bonds is 1. The average molecular weight is 230 g/mol. The van der Waals surface area contributed by atoms with Crippen LogP contribution in [0.1, 0.15) is 27.4 Å². The van der Waals surface area contributed by atoms with Gasteiger partial charge in [0.05, 0.1) is 11.0 Å². The molecule has 1 fully saturated rings. The van der Waals surface area contributed by atoms with Crippen LogP contribution in [0.4, 0.5) is 5.95 Å². The van der Waals surface area contributed by atoms with Crippen molar-refractivity contribution >= 4 is 18.1 Å². The van der Waals surface area contributed by atoms with Gasteiger partial charge in [0.25, 0.3) is 0 Å². The zero-order chi connectivity index (χ0) is 12.4. The fourth-order valence-corrected chi connectivity index (χ4v) is 2.08. The lowest BCUT2D eigenvalue weighted by Gasteiger charge is -2.03. The summed E-state index contributed by atoms with van der Waals surface area (Å²) in [6.07, 6.45) is 7.52. The Morgan fingerprint density at radius 1 is 1.35 bits per heavy atom. The second kappa shape index (κ2) is 4.54. The third kappa shape index (κ3) is 2.14. The SMILES string of the molecule is CC.Cc1nc(NC#N)nc2c1=CC1CC1C=2.[HH]. The lowest BCUT2D eigenvalue weighted by atomic mass is 10.1. The van der Waals surface area contributed by atoms with Crippen molar-refractivity contribution in [2.45, 2.75) is 27.2 Å². The molecule has 90 valence electrons. The average Bonchev–Trinajstić information content (AvgIpc) is 3.08. The highest BCUT2D eigenvalue weighted by Gasteiger charge is 2.35. The van der Waals surface area contributed by atoms with Crippen molar-refractivity contribution in [1.29, 1.82) is 5.26 Å². The Labute approximate surface area is 102 Å². The molecule has 0 amide bonds. The molecule has 0 spiro atoms. The lowest BCUT2D eigenvalue weighted by molar-refractivity contribution is 0.984. The molecule has 2 atom stereocenters. The molecular formula is C13H18N4. The monoisotopic (exact) mass is 230 g/mol. The van der Waals surface area contributed by atoms with Crippen LogP contribution < -0.4 is 15.9 Å². The van der Waals surface area contributed by atoms with Gasteiger partial charge < -0.3 is 0 Å². The molecule has 17 heavy (non-hydrogen) atoms. The van der Waals surface area contributed by atoms with E-state index in [1.807, 2.05) is 27.0 Å². The topological polar surface area (TPSA) is 61.6 Å². The fraction of sp³-hybridized carbons (Fsp3) is 0.462. The Morgan fingerprint density at radius 2 is 2.06 bits per heavy atom. The highest BCUT2D eigenvalue weighted by Crippen LogP contribution is 2.41. The summed E-state index contributed by atoms with van der Waals surface area (Å²) in [5, 5.41) is 13.1. The summed E-state index contributed by atoms with van der Waals surface area (Å²) in [6, 6.07) is 0. The molecule has 2 aliphatic rings. The highest BCUT2D eigenvalue weighted by molar-refractivity contribution is 5.50. The van der Waals surface area contributed by atoms with Crippen LogP contribution in [0.3, 0.4) is 0 Å². The first-order valence-corrected chi connectivity index (χ1v) is 6.01. The highest BCUT2D eigenvalue weighted by atomic mass is 15.1. The first kappa shape index (κ1) is 11.6. The van der Waals surface area contributed by atoms with E-state index in [9.17, 15) is 0 Å². The number of anilines is 1. The maximum absolute atomic E-state index is 8.52. The van der Waals surface area contributed by atoms with Crippen LogP contribution in [0.25, 0.3) is 12.2 Å². The standard InChI is InChI=1S/C11H10N4.C2H6.H2/c1-6-9-3-7-2-8(7)4-10(9)15-11(14-6)13-5-12;1-2;/h3-4,7-8H,2H2,1H3,(H,13,15);1-2H3;1H. The fourth-order valence-electron chi connectivity index (χ4n) is 2.08. The van der Waals surface area contributed by atoms with Gasteiger partial charge in [-0.25, -0.2) is 9.97 Å². The van der Waals surface area contributed by atoms with E-state index in [-0.39, 0.29) is 1.43 Å². The molecule has 0 radical (unpaired) electrons. The van der Waals surface area contributed by atoms with Crippen molar-refractivity contribution in [2.75, 3.05) is 5.32 Å². The van der Waals surface area contributed by atoms with Crippen molar-refractivity contribution in [1.82, 2.24) is 9.97 Å². The number of aryl methyl sites for hydroxylation is 1. The van der Waals surface area contributed by atoms with Gasteiger partial charge in [0, 0.05) is 6.65 Å². The van der Waals surface area contributed by atoms with Gasteiger partial charge in [0.1, 0.15) is 0 Å². The van der Waals surface area contributed by atoms with E-state index in [1.54, 1.807) is 0 Å². The molecule has 0 aromatic carbocycles. The minimum absolute atomic E-state index is 0. The van der Waals surface area contributed by atoms with Crippen LogP contribution in [-0.4, -0.2) is 9.97 Å². The lowest BCUT2D eigenvalue weighted by Crippen LogP contribution is -2.34. The van der Waals surface area contributed by atoms with Gasteiger partial charge >= 0.3 is 0 Å². The van der Waals surface area contributed by atoms with E-state index in [0.29, 0.717) is 17.8 Å². The van der Waals surface area contributed by atoms with Crippen molar-refractivity contribution in [3.05, 3.63) is 16.3 Å². The molecule has 1 aromatic rings. The van der Waals surface area contributed by atoms with E-state index in [4.69, 9.17) is 5.26 Å². The van der Waals surface area contributed by atoms with Gasteiger partial charge in [-0.2, -0.15) is 5.26 Å². The molecule has 1 heterocycles. The van der Waals surface area contributed by atoms with Crippen LogP contribution in [0.5, 0.6) is 0 Å². The summed E-state index contributed by atoms with van der Waals surface area (Å²) in [5.41, 5.74) is 0.944. The Bertz CT molecular complexity index is 588. The third-order valence-corrected chi connectivity index (χ3v) is 2.98. The summed E-state index contributed by atoms with van der Waals surface area (Å²) in [5.74, 6) is 1.77. The Morgan fingerprint density at radius 3 is 2.76 bits per heavy atom. The van der Waals surface area contributed by atoms with Crippen LogP contribution >= 0.6 is 0 Å². The minimum Gasteiger partial charge on any atom is -0.261 e. The summed E-state index contributed by atoms with van der Waals surface area (Å²) in [4.78, 5) is 8.54. The van der Waals surface area contributed by atoms with E-state index in [1.165, 1.54) is 6.42 Å². The smallest absolute Gasteiger partial charge is 0.236 e. The first-order valence-electron chi connectivity index (χ1n) is 6.01. The molecule has 0 aliphatic heterocycles. The third-order valence-electron chi connectivity index (χ3n) is 2.98. The van der Waals surface area contributed by atoms with Crippen molar-refractivity contribution < 1.29 is 1.43 Å². The van der Waals surface area contributed by atoms with Gasteiger partial charge in [0.15, 0.2) is 6.19 Å². The molecule has 2 aliphatic carbocycles. The van der Waals surface area contributed by atoms with Gasteiger partial charge in [-0.15, -0.1) is 0 Å². The van der Waals surface area contributed by atoms with Crippen LogP contribution in [0, 0.1) is 30.2 Å². The molecule has 1 N–H and O–H groups in total. The van der Waals surface area contributed by atoms with Crippen LogP contribution in [0.2, 0.25) is 0 Å². The molecule has 1 aromatic heterocycles. The zero-order valence-corrected chi connectivity index (χ0v) is 10.4. The number of aromatic nitrogens is 2. The Hall–Kier alpha value is -1.89. The van der Waals surface area contributed by atoms with Crippen molar-refractivity contribution in [3.8, 4) is 6.19 Å². The predicted molar refractivity (Wildman–Crippen MR) is 69.2 cm³/mol. The summed E-state index contributed by atoms with van der Waals surface area (Å²) in [7, 11) is 0. The largest absolute Gasteiger partial charge is 0.261 e. The van der Waals surface area contributed by atoms with Gasteiger partial charge in [-0.1, -0.05) is 26.0 Å². The quantitative estimate of drug-likeness (QED) is 0.581. The molecule has 3 rings (SSSR count). The van der Waals surface area contributed by atoms with E-state index < -0.39 is 0 Å². The molecule has 4 heteroatoms. The summed E-state index contributed by atoms with van der Waals surface area (Å²) in [6.45, 7) is 5.95. The normalized spacial score (nSPS) is 22.5. The summed E-state index contributed by atoms with van der Waals surface area (Å²) < 4.78 is 0. The van der Waals surface area contributed by atoms with E-state index >= 15 is 0 Å². The number of nitriles is 1. The molecule has 0 bridgehead atoms. The van der Waals surface area contributed by atoms with Crippen LogP contribution in [-0.2, 0) is 0 Å². The number of hydrogen-bond donors (Lipinski definition) is 1. The maximum atomic E-state index is 8.52. The molecule has 2 unspecified atom stereocenters. The second-order valence-electron chi connectivity index (χ2n) is 4.07. The van der Waals surface area contributed by atoms with Gasteiger partial charge in [-0.05, 0) is 25.2 Å². The molecular weight excluding hydrogens is 212 g/mol. The van der Waals surface area contributed by atoms with E-state index in [0.717, 1.165) is 16.3 Å². The molecule has 4 nitrogen and oxygen atoms in total. The van der Waals surface area contributed by atoms with Crippen molar-refractivity contribution in [2.24, 2.45) is 11.8 Å². The zero-order valence-electron chi connectivity index (χ0n) is 10.4. The number of nitrogens with zero attached hydrogens (tertiary/aromatic N) is 3. The number of nitrogens with one attached hydrogen (secondary N) is 1. The minimum atomic E-state index is 0. The summed E-state index contributed by atoms with van der Waals surface area (Å²) >= 11 is 0. The first-order chi connectivity index (χ1) is 8.28. The van der Waals surface area contributed by atoms with Crippen molar-refractivity contribution in [3.63, 3.8) is 0 Å². The molecule has 1 saturated carbocycles. The van der Waals surface area contributed by atoms with E-state index in [2.05, 4.69) is 27.4 Å². The van der Waals surface area contributed by atoms with Crippen LogP contribution in [0.15, 0.2) is 0 Å². The molecule has 0 saturated heterocycles. The Balaban J connectivity index is 0.000000516. The number of fused-ring (bicyclic) bond motifs is 2. The maximum Gasteiger partial charge on any atom is 0.236 e. The van der Waals surface area contributed by atoms with Gasteiger partial charge in [-0.3, -0.25) is 5.32 Å². The number of hydrogen-bond acceptors (Lipinski definition) is 4.